The van der Waals surface area contributed by atoms with Gasteiger partial charge in [0, 0.05) is 5.88 Å². The lowest BCUT2D eigenvalue weighted by Crippen LogP contribution is -2.24. The monoisotopic (exact) mass is 288 g/mol. The van der Waals surface area contributed by atoms with Gasteiger partial charge in [-0.1, -0.05) is 25.0 Å². The van der Waals surface area contributed by atoms with Crippen molar-refractivity contribution in [3.05, 3.63) is 12.2 Å². The van der Waals surface area contributed by atoms with Crippen molar-refractivity contribution in [3.63, 3.8) is 0 Å². The number of unbranched alkanes of at least 4 members (excludes halogenated alkanes) is 6. The first kappa shape index (κ1) is 17.0. The maximum absolute atomic E-state index is 5.63. The highest BCUT2D eigenvalue weighted by Crippen LogP contribution is 2.14. The lowest BCUT2D eigenvalue weighted by atomic mass is 10.1. The van der Waals surface area contributed by atoms with Crippen LogP contribution in [-0.4, -0.2) is 25.4 Å². The molecule has 0 unspecified atom stereocenters. The highest BCUT2D eigenvalue weighted by Gasteiger charge is 2.12. The Labute approximate surface area is 123 Å². The van der Waals surface area contributed by atoms with E-state index in [-0.39, 0.29) is 6.29 Å². The lowest BCUT2D eigenvalue weighted by molar-refractivity contribution is -0.181. The molecular formula is C16H29ClO2. The van der Waals surface area contributed by atoms with Crippen molar-refractivity contribution in [2.45, 2.75) is 70.5 Å². The third kappa shape index (κ3) is 10.4. The van der Waals surface area contributed by atoms with E-state index in [4.69, 9.17) is 21.1 Å². The molecule has 0 saturated carbocycles. The summed E-state index contributed by atoms with van der Waals surface area (Å²) in [6, 6.07) is 0. The van der Waals surface area contributed by atoms with Crippen LogP contribution in [0.3, 0.4) is 0 Å². The van der Waals surface area contributed by atoms with Gasteiger partial charge < -0.3 is 9.47 Å². The molecule has 0 atom stereocenters. The number of alkyl halides is 1. The SMILES string of the molecule is ClCCCC/C=C\CCCCCCC1OCCCO1. The van der Waals surface area contributed by atoms with Gasteiger partial charge in [0.05, 0.1) is 13.2 Å². The maximum Gasteiger partial charge on any atom is 0.157 e. The normalized spacial score (nSPS) is 17.3. The van der Waals surface area contributed by atoms with Gasteiger partial charge in [0.15, 0.2) is 6.29 Å². The molecule has 0 aromatic heterocycles. The van der Waals surface area contributed by atoms with Crippen LogP contribution in [0.4, 0.5) is 0 Å². The zero-order chi connectivity index (χ0) is 13.6. The van der Waals surface area contributed by atoms with Crippen molar-refractivity contribution in [2.75, 3.05) is 19.1 Å². The number of allylic oxidation sites excluding steroid dienone is 2. The van der Waals surface area contributed by atoms with Crippen molar-refractivity contribution < 1.29 is 9.47 Å². The molecule has 3 heteroatoms. The molecule has 1 saturated heterocycles. The number of hydrogen-bond acceptors (Lipinski definition) is 2. The minimum absolute atomic E-state index is 0.0792. The van der Waals surface area contributed by atoms with Gasteiger partial charge >= 0.3 is 0 Å². The van der Waals surface area contributed by atoms with Crippen molar-refractivity contribution in [1.29, 1.82) is 0 Å². The molecule has 0 amide bonds. The second kappa shape index (κ2) is 13.0. The summed E-state index contributed by atoms with van der Waals surface area (Å²) < 4.78 is 11.1. The molecule has 0 aliphatic carbocycles. The Bertz CT molecular complexity index is 213. The number of halogens is 1. The summed E-state index contributed by atoms with van der Waals surface area (Å²) >= 11 is 5.63. The molecule has 0 aromatic rings. The van der Waals surface area contributed by atoms with E-state index < -0.39 is 0 Å². The minimum Gasteiger partial charge on any atom is -0.353 e. The van der Waals surface area contributed by atoms with Gasteiger partial charge in [-0.05, 0) is 51.4 Å². The molecule has 0 bridgehead atoms. The second-order valence-electron chi connectivity index (χ2n) is 5.17. The molecule has 112 valence electrons. The summed E-state index contributed by atoms with van der Waals surface area (Å²) in [4.78, 5) is 0. The summed E-state index contributed by atoms with van der Waals surface area (Å²) in [6.07, 6.45) is 16.7. The number of rotatable bonds is 11. The summed E-state index contributed by atoms with van der Waals surface area (Å²) in [7, 11) is 0. The van der Waals surface area contributed by atoms with E-state index in [1.54, 1.807) is 0 Å². The zero-order valence-corrected chi connectivity index (χ0v) is 12.9. The van der Waals surface area contributed by atoms with Gasteiger partial charge in [-0.2, -0.15) is 0 Å². The highest BCUT2D eigenvalue weighted by atomic mass is 35.5. The van der Waals surface area contributed by atoms with Gasteiger partial charge in [-0.15, -0.1) is 11.6 Å². The Balaban J connectivity index is 1.78. The molecule has 2 nitrogen and oxygen atoms in total. The van der Waals surface area contributed by atoms with E-state index in [9.17, 15) is 0 Å². The fourth-order valence-electron chi connectivity index (χ4n) is 2.22. The predicted molar refractivity (Wildman–Crippen MR) is 81.7 cm³/mol. The lowest BCUT2D eigenvalue weighted by Gasteiger charge is -2.22. The largest absolute Gasteiger partial charge is 0.353 e. The van der Waals surface area contributed by atoms with Gasteiger partial charge in [-0.25, -0.2) is 0 Å². The van der Waals surface area contributed by atoms with E-state index in [0.717, 1.165) is 38.4 Å². The third-order valence-corrected chi connectivity index (χ3v) is 3.65. The Morgan fingerprint density at radius 1 is 0.842 bits per heavy atom. The fourth-order valence-corrected chi connectivity index (χ4v) is 2.41. The van der Waals surface area contributed by atoms with Gasteiger partial charge in [-0.3, -0.25) is 0 Å². The molecule has 1 aliphatic rings. The highest BCUT2D eigenvalue weighted by molar-refractivity contribution is 6.17. The van der Waals surface area contributed by atoms with E-state index in [1.165, 1.54) is 44.9 Å². The van der Waals surface area contributed by atoms with Crippen LogP contribution >= 0.6 is 11.6 Å². The third-order valence-electron chi connectivity index (χ3n) is 3.38. The molecule has 1 fully saturated rings. The van der Waals surface area contributed by atoms with Gasteiger partial charge in [0.1, 0.15) is 0 Å². The van der Waals surface area contributed by atoms with Crippen LogP contribution in [-0.2, 0) is 9.47 Å². The average molecular weight is 289 g/mol. The predicted octanol–water partition coefficient (Wildman–Crippen LogP) is 5.06. The first-order valence-electron chi connectivity index (χ1n) is 7.87. The van der Waals surface area contributed by atoms with Crippen LogP contribution in [0.1, 0.15) is 64.2 Å². The van der Waals surface area contributed by atoms with Crippen molar-refractivity contribution >= 4 is 11.6 Å². The molecule has 0 aromatic carbocycles. The Morgan fingerprint density at radius 2 is 1.47 bits per heavy atom. The summed E-state index contributed by atoms with van der Waals surface area (Å²) in [5.41, 5.74) is 0. The Kier molecular flexibility index (Phi) is 11.6. The van der Waals surface area contributed by atoms with Crippen molar-refractivity contribution in [1.82, 2.24) is 0 Å². The standard InChI is InChI=1S/C16H29ClO2/c17-13-10-8-6-4-2-1-3-5-7-9-12-16-18-14-11-15-19-16/h2,4,16H,1,3,5-15H2/b4-2-. The molecule has 1 heterocycles. The summed E-state index contributed by atoms with van der Waals surface area (Å²) in [5.74, 6) is 0.794. The molecule has 0 radical (unpaired) electrons. The van der Waals surface area contributed by atoms with Crippen LogP contribution < -0.4 is 0 Å². The zero-order valence-electron chi connectivity index (χ0n) is 12.1. The van der Waals surface area contributed by atoms with E-state index in [0.29, 0.717) is 0 Å². The molecule has 1 aliphatic heterocycles. The quantitative estimate of drug-likeness (QED) is 0.301. The Hall–Kier alpha value is -0.0500. The molecular weight excluding hydrogens is 260 g/mol. The van der Waals surface area contributed by atoms with Gasteiger partial charge in [0.2, 0.25) is 0 Å². The van der Waals surface area contributed by atoms with Crippen molar-refractivity contribution in [3.8, 4) is 0 Å². The topological polar surface area (TPSA) is 18.5 Å². The van der Waals surface area contributed by atoms with Crippen LogP contribution in [0.5, 0.6) is 0 Å². The van der Waals surface area contributed by atoms with Gasteiger partial charge in [0.25, 0.3) is 0 Å². The summed E-state index contributed by atoms with van der Waals surface area (Å²) in [5, 5.41) is 0. The van der Waals surface area contributed by atoms with Crippen LogP contribution in [0.25, 0.3) is 0 Å². The van der Waals surface area contributed by atoms with E-state index in [2.05, 4.69) is 12.2 Å². The second-order valence-corrected chi connectivity index (χ2v) is 5.55. The molecule has 0 spiro atoms. The first-order valence-corrected chi connectivity index (χ1v) is 8.41. The molecule has 1 rings (SSSR count). The van der Waals surface area contributed by atoms with Crippen LogP contribution in [0.2, 0.25) is 0 Å². The smallest absolute Gasteiger partial charge is 0.157 e. The fraction of sp³-hybridized carbons (Fsp3) is 0.875. The number of ether oxygens (including phenoxy) is 2. The maximum atomic E-state index is 5.63. The first-order chi connectivity index (χ1) is 9.43. The minimum atomic E-state index is 0.0792. The van der Waals surface area contributed by atoms with E-state index >= 15 is 0 Å². The van der Waals surface area contributed by atoms with Crippen LogP contribution in [0.15, 0.2) is 12.2 Å². The van der Waals surface area contributed by atoms with Crippen molar-refractivity contribution in [2.24, 2.45) is 0 Å². The molecule has 0 N–H and O–H groups in total. The van der Waals surface area contributed by atoms with E-state index in [1.807, 2.05) is 0 Å². The molecule has 19 heavy (non-hydrogen) atoms. The summed E-state index contributed by atoms with van der Waals surface area (Å²) in [6.45, 7) is 1.75. The Morgan fingerprint density at radius 3 is 2.16 bits per heavy atom. The number of hydrogen-bond donors (Lipinski definition) is 0. The van der Waals surface area contributed by atoms with Crippen LogP contribution in [0, 0.1) is 0 Å². The average Bonchev–Trinajstić information content (AvgIpc) is 2.46.